The summed E-state index contributed by atoms with van der Waals surface area (Å²) in [6, 6.07) is 0. The maximum atomic E-state index is 11.7. The van der Waals surface area contributed by atoms with Crippen LogP contribution >= 0.6 is 11.3 Å². The molecule has 1 aromatic rings. The number of amides is 1. The largest absolute Gasteiger partial charge is 0.444 e. The Kier molecular flexibility index (Phi) is 4.57. The van der Waals surface area contributed by atoms with Crippen LogP contribution in [-0.4, -0.2) is 36.6 Å². The maximum Gasteiger partial charge on any atom is 0.413 e. The van der Waals surface area contributed by atoms with Gasteiger partial charge in [-0.3, -0.25) is 5.32 Å². The molecule has 118 valence electrons. The molecular formula is C13H20N2O4S2. The highest BCUT2D eigenvalue weighted by molar-refractivity contribution is 7.91. The Bertz CT molecular complexity index is 602. The fourth-order valence-electron chi connectivity index (χ4n) is 2.08. The number of thiazole rings is 1. The Morgan fingerprint density at radius 3 is 2.57 bits per heavy atom. The number of sulfone groups is 1. The van der Waals surface area contributed by atoms with Crippen molar-refractivity contribution in [3.05, 3.63) is 10.4 Å². The Morgan fingerprint density at radius 1 is 1.38 bits per heavy atom. The van der Waals surface area contributed by atoms with Crippen LogP contribution in [0.15, 0.2) is 5.38 Å². The molecule has 1 aliphatic rings. The summed E-state index contributed by atoms with van der Waals surface area (Å²) in [4.78, 5) is 16.0. The molecule has 1 N–H and O–H groups in total. The molecule has 0 aromatic carbocycles. The minimum Gasteiger partial charge on any atom is -0.444 e. The first-order valence-electron chi connectivity index (χ1n) is 6.80. The lowest BCUT2D eigenvalue weighted by molar-refractivity contribution is 0.0635. The summed E-state index contributed by atoms with van der Waals surface area (Å²) in [7, 11) is -2.87. The van der Waals surface area contributed by atoms with Gasteiger partial charge in [0.1, 0.15) is 21.3 Å². The van der Waals surface area contributed by atoms with Gasteiger partial charge < -0.3 is 4.74 Å². The Balaban J connectivity index is 1.94. The average Bonchev–Trinajstić information content (AvgIpc) is 2.74. The lowest BCUT2D eigenvalue weighted by Crippen LogP contribution is -2.27. The molecule has 0 saturated carbocycles. The minimum absolute atomic E-state index is 0.160. The first kappa shape index (κ1) is 16.2. The minimum atomic E-state index is -2.87. The molecule has 2 heterocycles. The Morgan fingerprint density at radius 2 is 2.00 bits per heavy atom. The van der Waals surface area contributed by atoms with E-state index in [2.05, 4.69) is 10.3 Å². The summed E-state index contributed by atoms with van der Waals surface area (Å²) in [5.74, 6) is 1.04. The van der Waals surface area contributed by atoms with E-state index in [-0.39, 0.29) is 17.4 Å². The van der Waals surface area contributed by atoms with Crippen LogP contribution in [0, 0.1) is 0 Å². The number of anilines is 1. The van der Waals surface area contributed by atoms with E-state index in [9.17, 15) is 13.2 Å². The first-order chi connectivity index (χ1) is 9.65. The molecule has 0 radical (unpaired) electrons. The molecule has 0 atom stereocenters. The summed E-state index contributed by atoms with van der Waals surface area (Å²) >= 11 is 1.44. The van der Waals surface area contributed by atoms with Gasteiger partial charge in [-0.15, -0.1) is 11.3 Å². The van der Waals surface area contributed by atoms with Gasteiger partial charge in [0.2, 0.25) is 0 Å². The van der Waals surface area contributed by atoms with Crippen LogP contribution in [0.2, 0.25) is 0 Å². The van der Waals surface area contributed by atoms with Gasteiger partial charge in [0.15, 0.2) is 0 Å². The summed E-state index contributed by atoms with van der Waals surface area (Å²) in [6.45, 7) is 5.38. The van der Waals surface area contributed by atoms with Gasteiger partial charge in [-0.05, 0) is 33.6 Å². The molecule has 6 nitrogen and oxygen atoms in total. The third kappa shape index (κ3) is 4.96. The van der Waals surface area contributed by atoms with Crippen molar-refractivity contribution < 1.29 is 17.9 Å². The van der Waals surface area contributed by atoms with E-state index < -0.39 is 21.5 Å². The molecule has 2 rings (SSSR count). The number of rotatable bonds is 2. The fraction of sp³-hybridized carbons (Fsp3) is 0.692. The smallest absolute Gasteiger partial charge is 0.413 e. The summed E-state index contributed by atoms with van der Waals surface area (Å²) in [6.07, 6.45) is 0.661. The molecule has 8 heteroatoms. The van der Waals surface area contributed by atoms with Crippen LogP contribution in [-0.2, 0) is 14.6 Å². The molecule has 0 bridgehead atoms. The van der Waals surface area contributed by atoms with Crippen LogP contribution in [0.4, 0.5) is 10.6 Å². The average molecular weight is 332 g/mol. The Hall–Kier alpha value is -1.15. The zero-order valence-electron chi connectivity index (χ0n) is 12.4. The van der Waals surface area contributed by atoms with Crippen LogP contribution < -0.4 is 5.32 Å². The second-order valence-corrected chi connectivity index (χ2v) is 9.32. The predicted molar refractivity (Wildman–Crippen MR) is 82.6 cm³/mol. The molecule has 21 heavy (non-hydrogen) atoms. The van der Waals surface area contributed by atoms with E-state index in [1.807, 2.05) is 0 Å². The van der Waals surface area contributed by atoms with E-state index >= 15 is 0 Å². The number of hydrogen-bond donors (Lipinski definition) is 1. The molecule has 1 fully saturated rings. The highest BCUT2D eigenvalue weighted by Gasteiger charge is 2.27. The zero-order chi connectivity index (χ0) is 15.7. The van der Waals surface area contributed by atoms with E-state index in [0.717, 1.165) is 5.01 Å². The van der Waals surface area contributed by atoms with Crippen LogP contribution in [0.1, 0.15) is 44.5 Å². The van der Waals surface area contributed by atoms with Crippen molar-refractivity contribution in [1.29, 1.82) is 0 Å². The molecule has 0 unspecified atom stereocenters. The Labute approximate surface area is 128 Å². The molecule has 1 aliphatic heterocycles. The van der Waals surface area contributed by atoms with Gasteiger partial charge in [0.25, 0.3) is 0 Å². The molecule has 0 spiro atoms. The summed E-state index contributed by atoms with van der Waals surface area (Å²) in [5, 5.41) is 5.22. The lowest BCUT2D eigenvalue weighted by atomic mass is 10.0. The van der Waals surface area contributed by atoms with Crippen molar-refractivity contribution in [3.63, 3.8) is 0 Å². The van der Waals surface area contributed by atoms with Gasteiger partial charge in [0.05, 0.1) is 16.5 Å². The third-order valence-corrected chi connectivity index (χ3v) is 5.78. The molecular weight excluding hydrogens is 312 g/mol. The van der Waals surface area contributed by atoms with Gasteiger partial charge in [-0.25, -0.2) is 18.2 Å². The zero-order valence-corrected chi connectivity index (χ0v) is 14.0. The summed E-state index contributed by atoms with van der Waals surface area (Å²) in [5.41, 5.74) is -0.555. The van der Waals surface area contributed by atoms with Gasteiger partial charge >= 0.3 is 6.09 Å². The van der Waals surface area contributed by atoms with E-state index in [4.69, 9.17) is 4.74 Å². The molecule has 1 saturated heterocycles. The molecule has 1 amide bonds. The van der Waals surface area contributed by atoms with E-state index in [0.29, 0.717) is 18.7 Å². The number of hydrogen-bond acceptors (Lipinski definition) is 6. The SMILES string of the molecule is CC(C)(C)OC(=O)Nc1csc(C2CCS(=O)(=O)CC2)n1. The van der Waals surface area contributed by atoms with Crippen molar-refractivity contribution in [3.8, 4) is 0 Å². The first-order valence-corrected chi connectivity index (χ1v) is 9.50. The normalized spacial score (nSPS) is 19.2. The fourth-order valence-corrected chi connectivity index (χ4v) is 4.49. The molecule has 1 aromatic heterocycles. The number of ether oxygens (including phenoxy) is 1. The molecule has 0 aliphatic carbocycles. The highest BCUT2D eigenvalue weighted by atomic mass is 32.2. The number of nitrogens with zero attached hydrogens (tertiary/aromatic N) is 1. The second kappa shape index (κ2) is 5.92. The summed E-state index contributed by atoms with van der Waals surface area (Å²) < 4.78 is 28.0. The van der Waals surface area contributed by atoms with E-state index in [1.54, 1.807) is 26.2 Å². The highest BCUT2D eigenvalue weighted by Crippen LogP contribution is 2.32. The monoisotopic (exact) mass is 332 g/mol. The van der Waals surface area contributed by atoms with Crippen LogP contribution in [0.25, 0.3) is 0 Å². The standard InChI is InChI=1S/C13H20N2O4S2/c1-13(2,3)19-12(16)15-10-8-20-11(14-10)9-4-6-21(17,18)7-5-9/h8-9H,4-7H2,1-3H3,(H,15,16). The number of nitrogens with one attached hydrogen (secondary N) is 1. The number of aromatic nitrogens is 1. The van der Waals surface area contributed by atoms with Crippen molar-refractivity contribution in [2.75, 3.05) is 16.8 Å². The van der Waals surface area contributed by atoms with Gasteiger partial charge in [-0.2, -0.15) is 0 Å². The topological polar surface area (TPSA) is 85.4 Å². The van der Waals surface area contributed by atoms with Crippen LogP contribution in [0.5, 0.6) is 0 Å². The predicted octanol–water partition coefficient (Wildman–Crippen LogP) is 2.78. The van der Waals surface area contributed by atoms with Crippen molar-refractivity contribution in [1.82, 2.24) is 4.98 Å². The maximum absolute atomic E-state index is 11.7. The van der Waals surface area contributed by atoms with E-state index in [1.165, 1.54) is 11.3 Å². The van der Waals surface area contributed by atoms with Crippen molar-refractivity contribution >= 4 is 33.1 Å². The number of carbonyl (C=O) groups excluding carboxylic acids is 1. The van der Waals surface area contributed by atoms with Crippen molar-refractivity contribution in [2.24, 2.45) is 0 Å². The van der Waals surface area contributed by atoms with Crippen molar-refractivity contribution in [2.45, 2.75) is 45.1 Å². The van der Waals surface area contributed by atoms with Gasteiger partial charge in [0, 0.05) is 11.3 Å². The quantitative estimate of drug-likeness (QED) is 0.900. The third-order valence-electron chi connectivity index (χ3n) is 3.05. The van der Waals surface area contributed by atoms with Crippen LogP contribution in [0.3, 0.4) is 0 Å². The number of carbonyl (C=O) groups is 1. The second-order valence-electron chi connectivity index (χ2n) is 6.12. The van der Waals surface area contributed by atoms with Gasteiger partial charge in [-0.1, -0.05) is 0 Å². The lowest BCUT2D eigenvalue weighted by Gasteiger charge is -2.20.